The molecule has 1 aromatic rings. The lowest BCUT2D eigenvalue weighted by Gasteiger charge is -2.16. The van der Waals surface area contributed by atoms with Gasteiger partial charge in [0.1, 0.15) is 12.6 Å². The van der Waals surface area contributed by atoms with Crippen LogP contribution in [0.5, 0.6) is 0 Å². The zero-order valence-electron chi connectivity index (χ0n) is 16.2. The molecule has 0 saturated heterocycles. The smallest absolute Gasteiger partial charge is 0.407 e. The fourth-order valence-corrected chi connectivity index (χ4v) is 2.55. The van der Waals surface area contributed by atoms with Crippen molar-refractivity contribution in [3.05, 3.63) is 35.9 Å². The van der Waals surface area contributed by atoms with Crippen LogP contribution in [0.25, 0.3) is 0 Å². The van der Waals surface area contributed by atoms with Crippen LogP contribution in [-0.4, -0.2) is 46.9 Å². The Morgan fingerprint density at radius 2 is 1.82 bits per heavy atom. The monoisotopic (exact) mass is 394 g/mol. The first-order valence-corrected chi connectivity index (χ1v) is 9.57. The van der Waals surface area contributed by atoms with E-state index in [1.165, 1.54) is 0 Å². The average molecular weight is 394 g/mol. The van der Waals surface area contributed by atoms with Gasteiger partial charge in [-0.25, -0.2) is 9.59 Å². The van der Waals surface area contributed by atoms with Crippen molar-refractivity contribution in [3.63, 3.8) is 0 Å². The van der Waals surface area contributed by atoms with Gasteiger partial charge in [-0.2, -0.15) is 0 Å². The summed E-state index contributed by atoms with van der Waals surface area (Å²) in [6, 6.07) is 8.16. The molecule has 2 amide bonds. The van der Waals surface area contributed by atoms with Gasteiger partial charge in [-0.3, -0.25) is 4.79 Å². The molecule has 0 aliphatic carbocycles. The molecule has 0 saturated carbocycles. The maximum absolute atomic E-state index is 11.9. The van der Waals surface area contributed by atoms with Crippen LogP contribution in [0.2, 0.25) is 0 Å². The van der Waals surface area contributed by atoms with Crippen LogP contribution in [0.3, 0.4) is 0 Å². The van der Waals surface area contributed by atoms with E-state index in [0.29, 0.717) is 12.8 Å². The van der Waals surface area contributed by atoms with Crippen molar-refractivity contribution < 1.29 is 29.3 Å². The molecule has 2 atom stereocenters. The number of ether oxygens (including phenoxy) is 1. The number of carbonyl (C=O) groups is 3. The number of carbonyl (C=O) groups excluding carboxylic acids is 2. The second kappa shape index (κ2) is 13.5. The Morgan fingerprint density at radius 3 is 2.46 bits per heavy atom. The van der Waals surface area contributed by atoms with Crippen LogP contribution in [0.1, 0.15) is 51.0 Å². The molecule has 0 aliphatic rings. The van der Waals surface area contributed by atoms with Crippen molar-refractivity contribution in [2.75, 3.05) is 6.54 Å². The van der Waals surface area contributed by atoms with Crippen molar-refractivity contribution in [1.29, 1.82) is 0 Å². The third-order valence-electron chi connectivity index (χ3n) is 4.10. The van der Waals surface area contributed by atoms with Gasteiger partial charge in [0.15, 0.2) is 0 Å². The number of carboxylic acid groups (broad SMARTS) is 1. The molecule has 0 aromatic heterocycles. The fourth-order valence-electron chi connectivity index (χ4n) is 2.55. The van der Waals surface area contributed by atoms with Gasteiger partial charge in [-0.1, -0.05) is 62.9 Å². The summed E-state index contributed by atoms with van der Waals surface area (Å²) < 4.78 is 5.00. The number of benzene rings is 1. The van der Waals surface area contributed by atoms with Gasteiger partial charge in [-0.15, -0.1) is 0 Å². The van der Waals surface area contributed by atoms with Gasteiger partial charge in [0.05, 0.1) is 12.5 Å². The minimum Gasteiger partial charge on any atom is -0.480 e. The SMILES string of the molecule is CCCCCC[C@@H](NC(=O)C[C@@H](O)CNC(=O)OCc1ccccc1)C(=O)O. The number of hydrogen-bond acceptors (Lipinski definition) is 5. The quantitative estimate of drug-likeness (QED) is 0.380. The highest BCUT2D eigenvalue weighted by Gasteiger charge is 2.21. The highest BCUT2D eigenvalue weighted by atomic mass is 16.5. The summed E-state index contributed by atoms with van der Waals surface area (Å²) in [5.41, 5.74) is 0.830. The summed E-state index contributed by atoms with van der Waals surface area (Å²) in [6.07, 6.45) is 1.87. The van der Waals surface area contributed by atoms with Crippen molar-refractivity contribution in [2.45, 2.75) is 64.2 Å². The Hall–Kier alpha value is -2.61. The number of aliphatic hydroxyl groups is 1. The first kappa shape index (κ1) is 23.4. The molecule has 8 nitrogen and oxygen atoms in total. The Balaban J connectivity index is 2.26. The lowest BCUT2D eigenvalue weighted by Crippen LogP contribution is -2.43. The van der Waals surface area contributed by atoms with Gasteiger partial charge in [-0.05, 0) is 12.0 Å². The summed E-state index contributed by atoms with van der Waals surface area (Å²) in [6.45, 7) is 1.99. The number of aliphatic hydroxyl groups excluding tert-OH is 1. The number of rotatable bonds is 13. The fraction of sp³-hybridized carbons (Fsp3) is 0.550. The number of aliphatic carboxylic acids is 1. The Morgan fingerprint density at radius 1 is 1.11 bits per heavy atom. The van der Waals surface area contributed by atoms with Crippen molar-refractivity contribution in [2.24, 2.45) is 0 Å². The molecule has 156 valence electrons. The van der Waals surface area contributed by atoms with Crippen LogP contribution < -0.4 is 10.6 Å². The summed E-state index contributed by atoms with van der Waals surface area (Å²) in [5.74, 6) is -1.67. The van der Waals surface area contributed by atoms with Gasteiger partial charge in [0.25, 0.3) is 0 Å². The van der Waals surface area contributed by atoms with E-state index < -0.39 is 30.1 Å². The zero-order chi connectivity index (χ0) is 20.8. The molecule has 0 heterocycles. The molecular weight excluding hydrogens is 364 g/mol. The third kappa shape index (κ3) is 10.5. The van der Waals surface area contributed by atoms with Crippen LogP contribution in [0, 0.1) is 0 Å². The molecule has 8 heteroatoms. The third-order valence-corrected chi connectivity index (χ3v) is 4.10. The van der Waals surface area contributed by atoms with E-state index in [1.807, 2.05) is 30.3 Å². The minimum absolute atomic E-state index is 0.0988. The molecular formula is C20H30N2O6. The number of alkyl carbamates (subject to hydrolysis) is 1. The standard InChI is InChI=1S/C20H30N2O6/c1-2-3-4-8-11-17(19(25)26)22-18(24)12-16(23)13-21-20(27)28-14-15-9-6-5-7-10-15/h5-7,9-10,16-17,23H,2-4,8,11-14H2,1H3,(H,21,27)(H,22,24)(H,25,26)/t16-,17-/m1/s1. The predicted molar refractivity (Wildman–Crippen MR) is 104 cm³/mol. The molecule has 0 radical (unpaired) electrons. The van der Waals surface area contributed by atoms with Crippen LogP contribution in [0.4, 0.5) is 4.79 Å². The van der Waals surface area contributed by atoms with E-state index in [4.69, 9.17) is 4.74 Å². The number of carboxylic acids is 1. The van der Waals surface area contributed by atoms with Crippen molar-refractivity contribution >= 4 is 18.0 Å². The summed E-state index contributed by atoms with van der Waals surface area (Å²) in [4.78, 5) is 34.8. The van der Waals surface area contributed by atoms with Crippen LogP contribution in [0.15, 0.2) is 30.3 Å². The van der Waals surface area contributed by atoms with Gasteiger partial charge in [0, 0.05) is 6.54 Å². The van der Waals surface area contributed by atoms with Crippen LogP contribution >= 0.6 is 0 Å². The largest absolute Gasteiger partial charge is 0.480 e. The molecule has 0 aliphatic heterocycles. The normalized spacial score (nSPS) is 12.6. The molecule has 0 bridgehead atoms. The zero-order valence-corrected chi connectivity index (χ0v) is 16.2. The van der Waals surface area contributed by atoms with Gasteiger partial charge in [0.2, 0.25) is 5.91 Å². The maximum Gasteiger partial charge on any atom is 0.407 e. The van der Waals surface area contributed by atoms with E-state index >= 15 is 0 Å². The summed E-state index contributed by atoms with van der Waals surface area (Å²) >= 11 is 0. The van der Waals surface area contributed by atoms with Crippen LogP contribution in [-0.2, 0) is 20.9 Å². The number of nitrogens with one attached hydrogen (secondary N) is 2. The lowest BCUT2D eigenvalue weighted by atomic mass is 10.1. The molecule has 1 rings (SSSR count). The second-order valence-electron chi connectivity index (χ2n) is 6.61. The van der Waals surface area contributed by atoms with E-state index in [2.05, 4.69) is 17.6 Å². The Kier molecular flexibility index (Phi) is 11.3. The van der Waals surface area contributed by atoms with Crippen molar-refractivity contribution in [3.8, 4) is 0 Å². The topological polar surface area (TPSA) is 125 Å². The first-order valence-electron chi connectivity index (χ1n) is 9.57. The Bertz CT molecular complexity index is 608. The van der Waals surface area contributed by atoms with E-state index in [9.17, 15) is 24.6 Å². The average Bonchev–Trinajstić information content (AvgIpc) is 2.67. The predicted octanol–water partition coefficient (Wildman–Crippen LogP) is 2.20. The molecule has 1 aromatic carbocycles. The number of amides is 2. The molecule has 4 N–H and O–H groups in total. The van der Waals surface area contributed by atoms with E-state index in [-0.39, 0.29) is 19.6 Å². The van der Waals surface area contributed by atoms with E-state index in [0.717, 1.165) is 24.8 Å². The minimum atomic E-state index is -1.14. The van der Waals surface area contributed by atoms with Gasteiger partial charge < -0.3 is 25.6 Å². The number of unbranched alkanes of at least 4 members (excludes halogenated alkanes) is 3. The second-order valence-corrected chi connectivity index (χ2v) is 6.61. The molecule has 0 fully saturated rings. The summed E-state index contributed by atoms with van der Waals surface area (Å²) in [5, 5.41) is 23.9. The molecule has 0 unspecified atom stereocenters. The highest BCUT2D eigenvalue weighted by molar-refractivity contribution is 5.83. The Labute approximate surface area is 165 Å². The number of hydrogen-bond donors (Lipinski definition) is 4. The highest BCUT2D eigenvalue weighted by Crippen LogP contribution is 2.06. The van der Waals surface area contributed by atoms with Gasteiger partial charge >= 0.3 is 12.1 Å². The molecule has 0 spiro atoms. The lowest BCUT2D eigenvalue weighted by molar-refractivity contribution is -0.142. The van der Waals surface area contributed by atoms with Crippen molar-refractivity contribution in [1.82, 2.24) is 10.6 Å². The van der Waals surface area contributed by atoms with E-state index in [1.54, 1.807) is 0 Å². The summed E-state index contributed by atoms with van der Waals surface area (Å²) in [7, 11) is 0. The molecule has 28 heavy (non-hydrogen) atoms. The first-order chi connectivity index (χ1) is 13.4. The maximum atomic E-state index is 11.9.